The average molecular weight is 306 g/mol. The molecule has 0 saturated carbocycles. The number of nitrogens with one attached hydrogen (secondary N) is 2. The maximum absolute atomic E-state index is 12.0. The highest BCUT2D eigenvalue weighted by atomic mass is 32.2. The van der Waals surface area contributed by atoms with Crippen LogP contribution in [0.3, 0.4) is 0 Å². The van der Waals surface area contributed by atoms with Crippen molar-refractivity contribution in [3.8, 4) is 0 Å². The minimum absolute atomic E-state index is 0.0255. The summed E-state index contributed by atoms with van der Waals surface area (Å²) in [6.07, 6.45) is 0.672. The van der Waals surface area contributed by atoms with Gasteiger partial charge in [0.25, 0.3) is 0 Å². The molecule has 1 rings (SSSR count). The van der Waals surface area contributed by atoms with E-state index in [1.54, 1.807) is 6.92 Å². The van der Waals surface area contributed by atoms with Crippen LogP contribution in [0.15, 0.2) is 34.1 Å². The highest BCUT2D eigenvalue weighted by Gasteiger charge is 2.18. The molecule has 1 aromatic rings. The van der Waals surface area contributed by atoms with Crippen molar-refractivity contribution in [2.24, 2.45) is 0 Å². The molecule has 0 amide bonds. The Bertz CT molecular complexity index is 621. The molecule has 0 aromatic heterocycles. The van der Waals surface area contributed by atoms with E-state index in [4.69, 9.17) is 0 Å². The molecule has 0 radical (unpaired) electrons. The van der Waals surface area contributed by atoms with Crippen molar-refractivity contribution < 1.29 is 16.8 Å². The van der Waals surface area contributed by atoms with Crippen LogP contribution in [0.5, 0.6) is 0 Å². The fourth-order valence-electron chi connectivity index (χ4n) is 1.33. The lowest BCUT2D eigenvalue weighted by atomic mass is 10.3. The molecule has 19 heavy (non-hydrogen) atoms. The number of sulfonamides is 2. The Morgan fingerprint density at radius 1 is 1.00 bits per heavy atom. The van der Waals surface area contributed by atoms with Crippen LogP contribution in [-0.4, -0.2) is 29.9 Å². The van der Waals surface area contributed by atoms with Gasteiger partial charge in [-0.1, -0.05) is 6.92 Å². The summed E-state index contributed by atoms with van der Waals surface area (Å²) in [5.74, 6) is 0. The van der Waals surface area contributed by atoms with Crippen molar-refractivity contribution >= 4 is 20.0 Å². The minimum Gasteiger partial charge on any atom is -0.214 e. The van der Waals surface area contributed by atoms with Crippen molar-refractivity contribution in [1.29, 1.82) is 0 Å². The standard InChI is InChI=1S/C11H18N2O4S2/c1-4-9(2)13-19(16,17)11-7-5-10(6-8-11)18(14,15)12-3/h5-9,12-13H,4H2,1-3H3. The molecule has 1 atom stereocenters. The van der Waals surface area contributed by atoms with E-state index in [1.165, 1.54) is 31.3 Å². The molecule has 0 spiro atoms. The molecule has 8 heteroatoms. The van der Waals surface area contributed by atoms with Gasteiger partial charge in [0.1, 0.15) is 0 Å². The van der Waals surface area contributed by atoms with Gasteiger partial charge in [-0.25, -0.2) is 26.3 Å². The molecule has 2 N–H and O–H groups in total. The van der Waals surface area contributed by atoms with Crippen molar-refractivity contribution in [3.63, 3.8) is 0 Å². The fourth-order valence-corrected chi connectivity index (χ4v) is 3.39. The Balaban J connectivity index is 3.06. The van der Waals surface area contributed by atoms with Crippen molar-refractivity contribution in [2.75, 3.05) is 7.05 Å². The lowest BCUT2D eigenvalue weighted by Gasteiger charge is -2.12. The zero-order chi connectivity index (χ0) is 14.7. The largest absolute Gasteiger partial charge is 0.240 e. The van der Waals surface area contributed by atoms with Gasteiger partial charge in [0.05, 0.1) is 9.79 Å². The molecular weight excluding hydrogens is 288 g/mol. The van der Waals surface area contributed by atoms with E-state index >= 15 is 0 Å². The molecule has 1 aromatic carbocycles. The minimum atomic E-state index is -3.61. The van der Waals surface area contributed by atoms with E-state index < -0.39 is 20.0 Å². The lowest BCUT2D eigenvalue weighted by Crippen LogP contribution is -2.32. The number of rotatable bonds is 6. The zero-order valence-corrected chi connectivity index (χ0v) is 12.7. The highest BCUT2D eigenvalue weighted by Crippen LogP contribution is 2.14. The predicted octanol–water partition coefficient (Wildman–Crippen LogP) is 0.671. The van der Waals surface area contributed by atoms with E-state index in [0.29, 0.717) is 6.42 Å². The SMILES string of the molecule is CCC(C)NS(=O)(=O)c1ccc(S(=O)(=O)NC)cc1. The third-order valence-electron chi connectivity index (χ3n) is 2.68. The molecule has 0 aliphatic rings. The van der Waals surface area contributed by atoms with Gasteiger partial charge in [-0.15, -0.1) is 0 Å². The summed E-state index contributed by atoms with van der Waals surface area (Å²) in [5, 5.41) is 0. The molecule has 0 heterocycles. The predicted molar refractivity (Wildman–Crippen MR) is 72.8 cm³/mol. The van der Waals surface area contributed by atoms with E-state index in [2.05, 4.69) is 9.44 Å². The van der Waals surface area contributed by atoms with Crippen LogP contribution in [0.4, 0.5) is 0 Å². The molecule has 6 nitrogen and oxygen atoms in total. The van der Waals surface area contributed by atoms with Gasteiger partial charge in [0.15, 0.2) is 0 Å². The van der Waals surface area contributed by atoms with Crippen molar-refractivity contribution in [3.05, 3.63) is 24.3 Å². The Morgan fingerprint density at radius 2 is 1.42 bits per heavy atom. The Morgan fingerprint density at radius 3 is 1.79 bits per heavy atom. The summed E-state index contributed by atoms with van der Waals surface area (Å²) in [6, 6.07) is 4.89. The topological polar surface area (TPSA) is 92.3 Å². The van der Waals surface area contributed by atoms with E-state index in [-0.39, 0.29) is 15.8 Å². The average Bonchev–Trinajstić information content (AvgIpc) is 2.38. The first-order valence-corrected chi connectivity index (χ1v) is 8.75. The third kappa shape index (κ3) is 4.00. The van der Waals surface area contributed by atoms with Crippen LogP contribution in [-0.2, 0) is 20.0 Å². The quantitative estimate of drug-likeness (QED) is 0.808. The summed E-state index contributed by atoms with van der Waals surface area (Å²) < 4.78 is 51.6. The van der Waals surface area contributed by atoms with E-state index in [1.807, 2.05) is 6.92 Å². The highest BCUT2D eigenvalue weighted by molar-refractivity contribution is 7.90. The number of hydrogen-bond donors (Lipinski definition) is 2. The van der Waals surface area contributed by atoms with Gasteiger partial charge < -0.3 is 0 Å². The summed E-state index contributed by atoms with van der Waals surface area (Å²) in [6.45, 7) is 3.63. The number of hydrogen-bond acceptors (Lipinski definition) is 4. The molecular formula is C11H18N2O4S2. The monoisotopic (exact) mass is 306 g/mol. The van der Waals surface area contributed by atoms with Crippen LogP contribution in [0.1, 0.15) is 20.3 Å². The summed E-state index contributed by atoms with van der Waals surface area (Å²) in [5.41, 5.74) is 0. The first-order chi connectivity index (χ1) is 8.73. The molecule has 0 aliphatic carbocycles. The Hall–Kier alpha value is -0.960. The summed E-state index contributed by atoms with van der Waals surface area (Å²) >= 11 is 0. The van der Waals surface area contributed by atoms with Gasteiger partial charge in [-0.05, 0) is 44.7 Å². The Kier molecular flexibility index (Phi) is 5.08. The van der Waals surface area contributed by atoms with E-state index in [9.17, 15) is 16.8 Å². The van der Waals surface area contributed by atoms with Crippen LogP contribution in [0.2, 0.25) is 0 Å². The van der Waals surface area contributed by atoms with Gasteiger partial charge >= 0.3 is 0 Å². The van der Waals surface area contributed by atoms with Crippen LogP contribution in [0.25, 0.3) is 0 Å². The Labute approximate surface area is 114 Å². The number of benzene rings is 1. The molecule has 108 valence electrons. The molecule has 0 saturated heterocycles. The second kappa shape index (κ2) is 6.00. The van der Waals surface area contributed by atoms with Crippen LogP contribution >= 0.6 is 0 Å². The lowest BCUT2D eigenvalue weighted by molar-refractivity contribution is 0.555. The normalized spacial score (nSPS) is 14.3. The molecule has 0 aliphatic heterocycles. The second-order valence-electron chi connectivity index (χ2n) is 4.11. The van der Waals surface area contributed by atoms with Gasteiger partial charge in [-0.2, -0.15) is 0 Å². The first kappa shape index (κ1) is 16.1. The second-order valence-corrected chi connectivity index (χ2v) is 7.71. The van der Waals surface area contributed by atoms with Crippen LogP contribution in [0, 0.1) is 0 Å². The van der Waals surface area contributed by atoms with Gasteiger partial charge in [0.2, 0.25) is 20.0 Å². The maximum atomic E-state index is 12.0. The van der Waals surface area contributed by atoms with Gasteiger partial charge in [-0.3, -0.25) is 0 Å². The molecule has 1 unspecified atom stereocenters. The van der Waals surface area contributed by atoms with Gasteiger partial charge in [0, 0.05) is 6.04 Å². The smallest absolute Gasteiger partial charge is 0.214 e. The van der Waals surface area contributed by atoms with Crippen molar-refractivity contribution in [1.82, 2.24) is 9.44 Å². The summed E-state index contributed by atoms with van der Waals surface area (Å²) in [7, 11) is -5.86. The first-order valence-electron chi connectivity index (χ1n) is 5.79. The van der Waals surface area contributed by atoms with Crippen molar-refractivity contribution in [2.45, 2.75) is 36.1 Å². The third-order valence-corrected chi connectivity index (χ3v) is 5.72. The molecule has 0 fully saturated rings. The van der Waals surface area contributed by atoms with E-state index in [0.717, 1.165) is 0 Å². The zero-order valence-electron chi connectivity index (χ0n) is 11.0. The molecule has 0 bridgehead atoms. The van der Waals surface area contributed by atoms with Crippen LogP contribution < -0.4 is 9.44 Å². The maximum Gasteiger partial charge on any atom is 0.240 e. The fraction of sp³-hybridized carbons (Fsp3) is 0.455. The summed E-state index contributed by atoms with van der Waals surface area (Å²) in [4.78, 5) is 0.0698.